The van der Waals surface area contributed by atoms with E-state index in [2.05, 4.69) is 29.3 Å². The van der Waals surface area contributed by atoms with E-state index in [4.69, 9.17) is 0 Å². The van der Waals surface area contributed by atoms with E-state index in [9.17, 15) is 0 Å². The predicted octanol–water partition coefficient (Wildman–Crippen LogP) is 0.907. The van der Waals surface area contributed by atoms with Gasteiger partial charge < -0.3 is 14.4 Å². The van der Waals surface area contributed by atoms with Crippen molar-refractivity contribution in [3.63, 3.8) is 0 Å². The molecule has 2 aromatic heterocycles. The van der Waals surface area contributed by atoms with E-state index in [0.29, 0.717) is 0 Å². The van der Waals surface area contributed by atoms with Gasteiger partial charge in [0.2, 0.25) is 5.95 Å². The third-order valence-corrected chi connectivity index (χ3v) is 4.23. The number of imidazole rings is 1. The molecule has 3 heterocycles. The average Bonchev–Trinajstić information content (AvgIpc) is 2.92. The van der Waals surface area contributed by atoms with Crippen LogP contribution in [0.15, 0.2) is 18.5 Å². The summed E-state index contributed by atoms with van der Waals surface area (Å²) in [5.41, 5.74) is 1.01. The topological polar surface area (TPSA) is 53.3 Å². The van der Waals surface area contributed by atoms with Gasteiger partial charge in [-0.25, -0.2) is 9.97 Å². The molecule has 23 heavy (non-hydrogen) atoms. The van der Waals surface area contributed by atoms with Crippen LogP contribution in [0.2, 0.25) is 0 Å². The van der Waals surface area contributed by atoms with E-state index in [-0.39, 0.29) is 0 Å². The Labute approximate surface area is 137 Å². The quantitative estimate of drug-likeness (QED) is 0.836. The van der Waals surface area contributed by atoms with Gasteiger partial charge in [-0.1, -0.05) is 0 Å². The Hall–Kier alpha value is -2.15. The molecular formula is C16H25N7. The Balaban J connectivity index is 1.64. The highest BCUT2D eigenvalue weighted by Crippen LogP contribution is 2.17. The molecule has 0 spiro atoms. The Kier molecular flexibility index (Phi) is 4.47. The fourth-order valence-electron chi connectivity index (χ4n) is 2.76. The first-order chi connectivity index (χ1) is 11.0. The van der Waals surface area contributed by atoms with Gasteiger partial charge in [-0.3, -0.25) is 4.90 Å². The highest BCUT2D eigenvalue weighted by Gasteiger charge is 2.20. The van der Waals surface area contributed by atoms with Crippen molar-refractivity contribution in [2.75, 3.05) is 50.1 Å². The summed E-state index contributed by atoms with van der Waals surface area (Å²) in [4.78, 5) is 20.4. The Morgan fingerprint density at radius 1 is 1.13 bits per heavy atom. The van der Waals surface area contributed by atoms with Gasteiger partial charge in [0.1, 0.15) is 11.6 Å². The number of hydrogen-bond acceptors (Lipinski definition) is 6. The van der Waals surface area contributed by atoms with Crippen molar-refractivity contribution < 1.29 is 0 Å². The second-order valence-corrected chi connectivity index (χ2v) is 6.28. The molecule has 0 unspecified atom stereocenters. The average molecular weight is 315 g/mol. The number of rotatable bonds is 4. The molecule has 1 saturated heterocycles. The SMILES string of the molecule is Cc1cc(N(C)C)nc(N2CCN(Cc3nccn3C)CC2)n1. The Morgan fingerprint density at radius 3 is 2.48 bits per heavy atom. The third kappa shape index (κ3) is 3.61. The molecule has 1 aliphatic heterocycles. The van der Waals surface area contributed by atoms with Gasteiger partial charge in [-0.2, -0.15) is 4.98 Å². The lowest BCUT2D eigenvalue weighted by Gasteiger charge is -2.34. The summed E-state index contributed by atoms with van der Waals surface area (Å²) in [5.74, 6) is 2.91. The normalized spacial score (nSPS) is 15.9. The summed E-state index contributed by atoms with van der Waals surface area (Å²) in [6.45, 7) is 6.81. The van der Waals surface area contributed by atoms with Crippen LogP contribution >= 0.6 is 0 Å². The van der Waals surface area contributed by atoms with Crippen LogP contribution in [0.4, 0.5) is 11.8 Å². The van der Waals surface area contributed by atoms with Crippen LogP contribution in [0.25, 0.3) is 0 Å². The lowest BCUT2D eigenvalue weighted by molar-refractivity contribution is 0.240. The van der Waals surface area contributed by atoms with E-state index in [1.54, 1.807) is 0 Å². The Morgan fingerprint density at radius 2 is 1.87 bits per heavy atom. The monoisotopic (exact) mass is 315 g/mol. The fraction of sp³-hybridized carbons (Fsp3) is 0.562. The zero-order valence-electron chi connectivity index (χ0n) is 14.4. The van der Waals surface area contributed by atoms with Gasteiger partial charge in [-0.15, -0.1) is 0 Å². The molecule has 0 N–H and O–H groups in total. The largest absolute Gasteiger partial charge is 0.363 e. The molecular weight excluding hydrogens is 290 g/mol. The zero-order valence-corrected chi connectivity index (χ0v) is 14.4. The molecule has 3 rings (SSSR count). The van der Waals surface area contributed by atoms with Crippen LogP contribution in [0.1, 0.15) is 11.5 Å². The van der Waals surface area contributed by atoms with Gasteiger partial charge in [0.25, 0.3) is 0 Å². The number of piperazine rings is 1. The highest BCUT2D eigenvalue weighted by atomic mass is 15.3. The van der Waals surface area contributed by atoms with Crippen molar-refractivity contribution >= 4 is 11.8 Å². The van der Waals surface area contributed by atoms with Crippen molar-refractivity contribution in [3.8, 4) is 0 Å². The molecule has 0 radical (unpaired) electrons. The van der Waals surface area contributed by atoms with Gasteiger partial charge in [-0.05, 0) is 6.92 Å². The number of aromatic nitrogens is 4. The molecule has 2 aromatic rings. The van der Waals surface area contributed by atoms with Gasteiger partial charge in [0.15, 0.2) is 0 Å². The lowest BCUT2D eigenvalue weighted by atomic mass is 10.3. The number of nitrogens with zero attached hydrogens (tertiary/aromatic N) is 7. The van der Waals surface area contributed by atoms with E-state index in [1.807, 2.05) is 51.4 Å². The molecule has 1 fully saturated rings. The van der Waals surface area contributed by atoms with Gasteiger partial charge in [0.05, 0.1) is 6.54 Å². The maximum absolute atomic E-state index is 4.68. The van der Waals surface area contributed by atoms with E-state index in [0.717, 1.165) is 56.0 Å². The van der Waals surface area contributed by atoms with Crippen molar-refractivity contribution in [1.82, 2.24) is 24.4 Å². The van der Waals surface area contributed by atoms with E-state index < -0.39 is 0 Å². The smallest absolute Gasteiger partial charge is 0.227 e. The summed E-state index contributed by atoms with van der Waals surface area (Å²) in [5, 5.41) is 0. The Bertz CT molecular complexity index is 656. The van der Waals surface area contributed by atoms with Crippen molar-refractivity contribution in [1.29, 1.82) is 0 Å². The molecule has 7 nitrogen and oxygen atoms in total. The first kappa shape index (κ1) is 15.7. The maximum atomic E-state index is 4.68. The maximum Gasteiger partial charge on any atom is 0.227 e. The van der Waals surface area contributed by atoms with Crippen LogP contribution in [-0.4, -0.2) is 64.7 Å². The van der Waals surface area contributed by atoms with Gasteiger partial charge in [0, 0.05) is 71.5 Å². The second-order valence-electron chi connectivity index (χ2n) is 6.28. The summed E-state index contributed by atoms with van der Waals surface area (Å²) in [6, 6.07) is 2.01. The van der Waals surface area contributed by atoms with Crippen LogP contribution in [0, 0.1) is 6.92 Å². The molecule has 1 aliphatic rings. The fourth-order valence-corrected chi connectivity index (χ4v) is 2.76. The predicted molar refractivity (Wildman–Crippen MR) is 91.8 cm³/mol. The van der Waals surface area contributed by atoms with Gasteiger partial charge >= 0.3 is 0 Å². The minimum Gasteiger partial charge on any atom is -0.363 e. The summed E-state index contributed by atoms with van der Waals surface area (Å²) < 4.78 is 2.08. The molecule has 0 saturated carbocycles. The van der Waals surface area contributed by atoms with Crippen LogP contribution < -0.4 is 9.80 Å². The van der Waals surface area contributed by atoms with E-state index >= 15 is 0 Å². The summed E-state index contributed by atoms with van der Waals surface area (Å²) in [7, 11) is 6.06. The van der Waals surface area contributed by atoms with E-state index in [1.165, 1.54) is 0 Å². The lowest BCUT2D eigenvalue weighted by Crippen LogP contribution is -2.47. The minimum atomic E-state index is 0.838. The summed E-state index contributed by atoms with van der Waals surface area (Å²) >= 11 is 0. The number of aryl methyl sites for hydroxylation is 2. The number of anilines is 2. The zero-order chi connectivity index (χ0) is 16.4. The standard InChI is InChI=1S/C16H25N7/c1-13-11-14(20(2)3)19-16(18-13)23-9-7-22(8-10-23)12-15-17-5-6-21(15)4/h5-6,11H,7-10,12H2,1-4H3. The van der Waals surface area contributed by atoms with Crippen molar-refractivity contribution in [3.05, 3.63) is 30.0 Å². The first-order valence-corrected chi connectivity index (χ1v) is 7.99. The molecule has 0 aliphatic carbocycles. The minimum absolute atomic E-state index is 0.838. The van der Waals surface area contributed by atoms with Crippen molar-refractivity contribution in [2.45, 2.75) is 13.5 Å². The first-order valence-electron chi connectivity index (χ1n) is 7.99. The molecule has 0 atom stereocenters. The number of hydrogen-bond donors (Lipinski definition) is 0. The second kappa shape index (κ2) is 6.54. The molecule has 0 amide bonds. The third-order valence-electron chi connectivity index (χ3n) is 4.23. The molecule has 7 heteroatoms. The van der Waals surface area contributed by atoms with Crippen LogP contribution in [-0.2, 0) is 13.6 Å². The highest BCUT2D eigenvalue weighted by molar-refractivity contribution is 5.45. The summed E-state index contributed by atoms with van der Waals surface area (Å²) in [6.07, 6.45) is 3.85. The van der Waals surface area contributed by atoms with Crippen LogP contribution in [0.3, 0.4) is 0 Å². The van der Waals surface area contributed by atoms with Crippen molar-refractivity contribution in [2.24, 2.45) is 7.05 Å². The molecule has 0 aromatic carbocycles. The van der Waals surface area contributed by atoms with Crippen LogP contribution in [0.5, 0.6) is 0 Å². The molecule has 0 bridgehead atoms. The molecule has 124 valence electrons.